The molecular weight excluding hydrogens is 304 g/mol. The third-order valence-electron chi connectivity index (χ3n) is 3.47. The molecule has 0 bridgehead atoms. The molecule has 94 valence electrons. The lowest BCUT2D eigenvalue weighted by atomic mass is 9.98. The number of fused-ring (bicyclic) bond motifs is 1. The van der Waals surface area contributed by atoms with Crippen molar-refractivity contribution in [1.29, 1.82) is 0 Å². The number of halogens is 1. The minimum absolute atomic E-state index is 0.866. The molecule has 1 aliphatic carbocycles. The molecule has 4 rings (SSSR count). The van der Waals surface area contributed by atoms with Gasteiger partial charge < -0.3 is 9.72 Å². The number of H-pyrrole nitrogens is 1. The molecule has 0 amide bonds. The van der Waals surface area contributed by atoms with Crippen LogP contribution in [0.25, 0.3) is 16.6 Å². The molecule has 2 aliphatic rings. The van der Waals surface area contributed by atoms with Gasteiger partial charge in [-0.05, 0) is 22.4 Å². The third kappa shape index (κ3) is 1.60. The average molecular weight is 315 g/mol. The maximum Gasteiger partial charge on any atom is 0.154 e. The van der Waals surface area contributed by atoms with Gasteiger partial charge in [-0.15, -0.1) is 0 Å². The van der Waals surface area contributed by atoms with Crippen molar-refractivity contribution in [2.75, 3.05) is 0 Å². The van der Waals surface area contributed by atoms with Gasteiger partial charge in [0.2, 0.25) is 0 Å². The SMILES string of the molecule is Brc1cnc2[nH]cc3c2c1OC1=C3C=CC=CCC1. The average Bonchev–Trinajstić information content (AvgIpc) is 2.80. The lowest BCUT2D eigenvalue weighted by molar-refractivity contribution is 0.406. The first kappa shape index (κ1) is 11.1. The quantitative estimate of drug-likeness (QED) is 0.785. The maximum atomic E-state index is 6.12. The van der Waals surface area contributed by atoms with Crippen molar-refractivity contribution >= 4 is 32.5 Å². The number of allylic oxidation sites excluding steroid dienone is 6. The van der Waals surface area contributed by atoms with Gasteiger partial charge in [0.1, 0.15) is 11.4 Å². The van der Waals surface area contributed by atoms with Crippen molar-refractivity contribution < 1.29 is 4.74 Å². The van der Waals surface area contributed by atoms with Gasteiger partial charge in [-0.1, -0.05) is 24.3 Å². The van der Waals surface area contributed by atoms with E-state index in [1.54, 1.807) is 6.20 Å². The van der Waals surface area contributed by atoms with Gasteiger partial charge in [-0.25, -0.2) is 4.98 Å². The zero-order chi connectivity index (χ0) is 12.8. The summed E-state index contributed by atoms with van der Waals surface area (Å²) in [6.45, 7) is 0. The number of nitrogens with one attached hydrogen (secondary N) is 1. The van der Waals surface area contributed by atoms with Crippen molar-refractivity contribution in [1.82, 2.24) is 9.97 Å². The van der Waals surface area contributed by atoms with E-state index in [1.807, 2.05) is 6.20 Å². The Hall–Kier alpha value is -1.81. The molecule has 19 heavy (non-hydrogen) atoms. The molecule has 0 fully saturated rings. The molecule has 0 radical (unpaired) electrons. The zero-order valence-corrected chi connectivity index (χ0v) is 11.7. The number of aromatic nitrogens is 2. The fourth-order valence-electron chi connectivity index (χ4n) is 2.59. The van der Waals surface area contributed by atoms with Crippen LogP contribution in [0.5, 0.6) is 5.75 Å². The minimum atomic E-state index is 0.866. The predicted octanol–water partition coefficient (Wildman–Crippen LogP) is 4.34. The Morgan fingerprint density at radius 1 is 1.32 bits per heavy atom. The monoisotopic (exact) mass is 314 g/mol. The Morgan fingerprint density at radius 3 is 3.21 bits per heavy atom. The highest BCUT2D eigenvalue weighted by atomic mass is 79.9. The highest BCUT2D eigenvalue weighted by Crippen LogP contribution is 2.44. The van der Waals surface area contributed by atoms with E-state index in [0.29, 0.717) is 0 Å². The van der Waals surface area contributed by atoms with E-state index >= 15 is 0 Å². The molecule has 2 aromatic heterocycles. The molecule has 4 heteroatoms. The molecule has 2 aromatic rings. The van der Waals surface area contributed by atoms with Crippen LogP contribution in [0, 0.1) is 0 Å². The number of pyridine rings is 1. The van der Waals surface area contributed by atoms with Gasteiger partial charge in [0.25, 0.3) is 0 Å². The van der Waals surface area contributed by atoms with E-state index < -0.39 is 0 Å². The van der Waals surface area contributed by atoms with Crippen molar-refractivity contribution in [3.8, 4) is 5.75 Å². The summed E-state index contributed by atoms with van der Waals surface area (Å²) in [7, 11) is 0. The second-order valence-corrected chi connectivity index (χ2v) is 5.48. The fraction of sp³-hybridized carbons (Fsp3) is 0.133. The first-order valence-electron chi connectivity index (χ1n) is 6.25. The summed E-state index contributed by atoms with van der Waals surface area (Å²) >= 11 is 3.53. The summed E-state index contributed by atoms with van der Waals surface area (Å²) in [6.07, 6.45) is 14.1. The topological polar surface area (TPSA) is 37.9 Å². The van der Waals surface area contributed by atoms with Crippen LogP contribution in [0.4, 0.5) is 0 Å². The van der Waals surface area contributed by atoms with Gasteiger partial charge in [0.05, 0.1) is 9.86 Å². The summed E-state index contributed by atoms with van der Waals surface area (Å²) in [5.41, 5.74) is 3.19. The lowest BCUT2D eigenvalue weighted by Crippen LogP contribution is -2.06. The summed E-state index contributed by atoms with van der Waals surface area (Å²) in [6, 6.07) is 0. The molecule has 0 unspecified atom stereocenters. The molecule has 0 spiro atoms. The van der Waals surface area contributed by atoms with Crippen LogP contribution in [-0.4, -0.2) is 9.97 Å². The van der Waals surface area contributed by atoms with Gasteiger partial charge in [-0.2, -0.15) is 0 Å². The van der Waals surface area contributed by atoms with Gasteiger partial charge in [-0.3, -0.25) is 0 Å². The van der Waals surface area contributed by atoms with Crippen LogP contribution in [0.3, 0.4) is 0 Å². The summed E-state index contributed by atoms with van der Waals surface area (Å²) in [5.74, 6) is 1.90. The zero-order valence-electron chi connectivity index (χ0n) is 10.1. The van der Waals surface area contributed by atoms with Crippen LogP contribution >= 0.6 is 15.9 Å². The van der Waals surface area contributed by atoms with E-state index in [1.165, 1.54) is 5.56 Å². The molecular formula is C15H11BrN2O. The van der Waals surface area contributed by atoms with E-state index in [2.05, 4.69) is 50.2 Å². The highest BCUT2D eigenvalue weighted by Gasteiger charge is 2.24. The first-order chi connectivity index (χ1) is 9.34. The van der Waals surface area contributed by atoms with Gasteiger partial charge in [0.15, 0.2) is 5.75 Å². The van der Waals surface area contributed by atoms with E-state index in [4.69, 9.17) is 4.74 Å². The van der Waals surface area contributed by atoms with Gasteiger partial charge >= 0.3 is 0 Å². The molecule has 1 N–H and O–H groups in total. The van der Waals surface area contributed by atoms with Crippen LogP contribution in [-0.2, 0) is 0 Å². The normalized spacial score (nSPS) is 17.1. The van der Waals surface area contributed by atoms with Crippen LogP contribution in [0.15, 0.2) is 46.9 Å². The van der Waals surface area contributed by atoms with Crippen molar-refractivity contribution in [2.24, 2.45) is 0 Å². The van der Waals surface area contributed by atoms with Crippen molar-refractivity contribution in [3.05, 3.63) is 52.5 Å². The van der Waals surface area contributed by atoms with Gasteiger partial charge in [0, 0.05) is 30.0 Å². The highest BCUT2D eigenvalue weighted by molar-refractivity contribution is 9.10. The Bertz CT molecular complexity index is 768. The van der Waals surface area contributed by atoms with E-state index in [0.717, 1.165) is 45.4 Å². The Balaban J connectivity index is 2.03. The smallest absolute Gasteiger partial charge is 0.154 e. The minimum Gasteiger partial charge on any atom is -0.459 e. The Labute approximate surface area is 118 Å². The second-order valence-electron chi connectivity index (χ2n) is 4.63. The standard InChI is InChI=1S/C15H11BrN2O/c16-11-8-18-15-13-10(7-17-15)9-5-3-1-2-4-6-12(9)19-14(11)13/h1-3,5,7-8H,4,6H2,(H,17,18). The number of hydrogen-bond acceptors (Lipinski definition) is 2. The summed E-state index contributed by atoms with van der Waals surface area (Å²) < 4.78 is 7.02. The third-order valence-corrected chi connectivity index (χ3v) is 4.04. The Morgan fingerprint density at radius 2 is 2.26 bits per heavy atom. The Kier molecular flexibility index (Phi) is 2.38. The number of rotatable bonds is 0. The molecule has 3 heterocycles. The second kappa shape index (κ2) is 4.10. The largest absolute Gasteiger partial charge is 0.459 e. The summed E-state index contributed by atoms with van der Waals surface area (Å²) in [5, 5.41) is 1.06. The van der Waals surface area contributed by atoms with Crippen LogP contribution in [0.1, 0.15) is 18.4 Å². The molecule has 1 aliphatic heterocycles. The number of hydrogen-bond donors (Lipinski definition) is 1. The molecule has 0 atom stereocenters. The van der Waals surface area contributed by atoms with Crippen LogP contribution < -0.4 is 4.74 Å². The van der Waals surface area contributed by atoms with Crippen LogP contribution in [0.2, 0.25) is 0 Å². The predicted molar refractivity (Wildman–Crippen MR) is 78.9 cm³/mol. The number of ether oxygens (including phenoxy) is 1. The van der Waals surface area contributed by atoms with E-state index in [-0.39, 0.29) is 0 Å². The number of nitrogens with zero attached hydrogens (tertiary/aromatic N) is 1. The van der Waals surface area contributed by atoms with E-state index in [9.17, 15) is 0 Å². The van der Waals surface area contributed by atoms with Crippen molar-refractivity contribution in [2.45, 2.75) is 12.8 Å². The van der Waals surface area contributed by atoms with Crippen molar-refractivity contribution in [3.63, 3.8) is 0 Å². The number of aromatic amines is 1. The molecule has 3 nitrogen and oxygen atoms in total. The molecule has 0 saturated heterocycles. The lowest BCUT2D eigenvalue weighted by Gasteiger charge is -2.21. The molecule has 0 aromatic carbocycles. The molecule has 0 saturated carbocycles. The summed E-state index contributed by atoms with van der Waals surface area (Å²) in [4.78, 5) is 7.60. The fourth-order valence-corrected chi connectivity index (χ4v) is 2.97. The maximum absolute atomic E-state index is 6.12. The first-order valence-corrected chi connectivity index (χ1v) is 7.04.